The maximum absolute atomic E-state index is 14.2. The van der Waals surface area contributed by atoms with E-state index in [0.717, 1.165) is 0 Å². The van der Waals surface area contributed by atoms with E-state index < -0.39 is 6.09 Å². The Kier molecular flexibility index (Phi) is 5.57. The maximum atomic E-state index is 14.2. The molecule has 12 heteroatoms. The number of fused-ring (bicyclic) bond motifs is 1. The van der Waals surface area contributed by atoms with Gasteiger partial charge in [-0.2, -0.15) is 5.10 Å². The Bertz CT molecular complexity index is 1300. The summed E-state index contributed by atoms with van der Waals surface area (Å²) in [6.45, 7) is -0.146. The van der Waals surface area contributed by atoms with Crippen molar-refractivity contribution in [2.75, 3.05) is 11.5 Å². The normalized spacial score (nSPS) is 10.8. The van der Waals surface area contributed by atoms with Crippen LogP contribution in [0.1, 0.15) is 17.0 Å². The lowest BCUT2D eigenvalue weighted by Crippen LogP contribution is -2.25. The first-order valence-electron chi connectivity index (χ1n) is 9.34. The van der Waals surface area contributed by atoms with Crippen molar-refractivity contribution in [2.45, 2.75) is 13.0 Å². The number of aromatic nitrogens is 5. The van der Waals surface area contributed by atoms with Crippen molar-refractivity contribution >= 4 is 29.7 Å². The highest BCUT2D eigenvalue weighted by atomic mass is 19.1. The van der Waals surface area contributed by atoms with Crippen LogP contribution in [-0.2, 0) is 22.5 Å². The van der Waals surface area contributed by atoms with Crippen LogP contribution in [0.4, 0.5) is 20.8 Å². The number of nitrogens with one attached hydrogen (secondary N) is 1. The molecule has 11 nitrogen and oxygen atoms in total. The second-order valence-corrected chi connectivity index (χ2v) is 6.62. The van der Waals surface area contributed by atoms with Crippen LogP contribution in [0.3, 0.4) is 0 Å². The highest BCUT2D eigenvalue weighted by Crippen LogP contribution is 2.26. The van der Waals surface area contributed by atoms with E-state index in [-0.39, 0.29) is 48.3 Å². The Balaban J connectivity index is 1.71. The minimum Gasteiger partial charge on any atom is -0.383 e. The van der Waals surface area contributed by atoms with Crippen LogP contribution in [-0.4, -0.2) is 37.1 Å². The maximum Gasteiger partial charge on any atom is 0.414 e. The van der Waals surface area contributed by atoms with E-state index in [9.17, 15) is 14.0 Å². The molecular weight excluding hydrogens is 419 g/mol. The third-order valence-electron chi connectivity index (χ3n) is 4.63. The summed E-state index contributed by atoms with van der Waals surface area (Å²) in [5.41, 5.74) is 13.7. The molecule has 0 bridgehead atoms. The zero-order valence-corrected chi connectivity index (χ0v) is 16.5. The van der Waals surface area contributed by atoms with Gasteiger partial charge in [-0.25, -0.2) is 28.7 Å². The van der Waals surface area contributed by atoms with Crippen molar-refractivity contribution in [3.8, 4) is 11.5 Å². The van der Waals surface area contributed by atoms with E-state index in [2.05, 4.69) is 30.1 Å². The Morgan fingerprint density at radius 2 is 1.88 bits per heavy atom. The molecule has 0 radical (unpaired) electrons. The van der Waals surface area contributed by atoms with Gasteiger partial charge in [0, 0.05) is 12.6 Å². The highest BCUT2D eigenvalue weighted by Gasteiger charge is 2.20. The molecule has 5 N–H and O–H groups in total. The summed E-state index contributed by atoms with van der Waals surface area (Å²) >= 11 is 0. The van der Waals surface area contributed by atoms with Crippen LogP contribution in [0.15, 0.2) is 42.6 Å². The van der Waals surface area contributed by atoms with Gasteiger partial charge < -0.3 is 21.5 Å². The number of imidazole rings is 1. The molecule has 0 aliphatic heterocycles. The fraction of sp³-hybridized carbons (Fsp3) is 0.100. The number of hydrogen-bond donors (Lipinski definition) is 3. The summed E-state index contributed by atoms with van der Waals surface area (Å²) in [4.78, 5) is 34.6. The lowest BCUT2D eigenvalue weighted by Gasteiger charge is -2.10. The molecule has 4 rings (SSSR count). The topological polar surface area (TPSA) is 163 Å². The Hall–Kier alpha value is -4.61. The molecule has 1 aromatic carbocycles. The molecule has 4 aromatic rings. The summed E-state index contributed by atoms with van der Waals surface area (Å²) in [7, 11) is 0. The summed E-state index contributed by atoms with van der Waals surface area (Å²) in [6.07, 6.45) is 0.809. The van der Waals surface area contributed by atoms with Crippen LogP contribution in [0.5, 0.6) is 0 Å². The number of amides is 1. The van der Waals surface area contributed by atoms with E-state index in [0.29, 0.717) is 22.6 Å². The minimum absolute atomic E-state index is 0.00156. The van der Waals surface area contributed by atoms with Crippen LogP contribution < -0.4 is 16.8 Å². The number of nitrogen functional groups attached to an aromatic ring is 2. The van der Waals surface area contributed by atoms with E-state index in [1.165, 1.54) is 6.07 Å². The van der Waals surface area contributed by atoms with Gasteiger partial charge in [0.05, 0.1) is 17.6 Å². The molecular formula is C20H17FN8O3. The summed E-state index contributed by atoms with van der Waals surface area (Å²) in [5.74, 6) is 0.295. The van der Waals surface area contributed by atoms with Crippen LogP contribution in [0, 0.1) is 5.82 Å². The molecule has 0 saturated carbocycles. The smallest absolute Gasteiger partial charge is 0.383 e. The second-order valence-electron chi connectivity index (χ2n) is 6.62. The lowest BCUT2D eigenvalue weighted by molar-refractivity contribution is -0.123. The Morgan fingerprint density at radius 3 is 2.59 bits per heavy atom. The predicted octanol–water partition coefficient (Wildman–Crippen LogP) is 1.46. The van der Waals surface area contributed by atoms with Gasteiger partial charge in [0.1, 0.15) is 29.0 Å². The number of halogens is 1. The monoisotopic (exact) mass is 436 g/mol. The molecule has 0 aliphatic rings. The van der Waals surface area contributed by atoms with Gasteiger partial charge in [0.25, 0.3) is 0 Å². The first-order chi connectivity index (χ1) is 15.5. The first kappa shape index (κ1) is 20.7. The van der Waals surface area contributed by atoms with E-state index in [1.807, 2.05) is 0 Å². The SMILES string of the molecule is Nc1nc(-c2nc(Cc3ccccc3F)n3ncccc23)nc(N)c1CNC(=O)OC=O. The number of nitrogens with zero attached hydrogens (tertiary/aromatic N) is 5. The summed E-state index contributed by atoms with van der Waals surface area (Å²) in [6, 6.07) is 9.88. The van der Waals surface area contributed by atoms with Crippen molar-refractivity contribution in [2.24, 2.45) is 0 Å². The molecule has 1 amide bonds. The number of carbonyl (C=O) groups is 2. The molecule has 0 aliphatic carbocycles. The van der Waals surface area contributed by atoms with E-state index in [4.69, 9.17) is 11.5 Å². The average Bonchev–Trinajstić information content (AvgIpc) is 3.13. The highest BCUT2D eigenvalue weighted by molar-refractivity contribution is 5.76. The second kappa shape index (κ2) is 8.63. The standard InChI is InChI=1S/C20H17FN8O3/c21-13-5-2-1-4-11(13)8-15-26-16(14-6-3-7-25-29(14)15)19-27-17(22)12(18(23)28-19)9-24-20(31)32-10-30/h1-7,10H,8-9H2,(H,24,31)(H4,22,23,27,28). The largest absolute Gasteiger partial charge is 0.414 e. The predicted molar refractivity (Wildman–Crippen MR) is 111 cm³/mol. The number of alkyl carbamates (subject to hydrolysis) is 1. The lowest BCUT2D eigenvalue weighted by atomic mass is 10.1. The van der Waals surface area contributed by atoms with Crippen LogP contribution in [0.25, 0.3) is 17.0 Å². The van der Waals surface area contributed by atoms with Gasteiger partial charge in [0.2, 0.25) is 0 Å². The van der Waals surface area contributed by atoms with Crippen LogP contribution >= 0.6 is 0 Å². The van der Waals surface area contributed by atoms with Gasteiger partial charge >= 0.3 is 12.6 Å². The zero-order valence-electron chi connectivity index (χ0n) is 16.5. The zero-order chi connectivity index (χ0) is 22.7. The molecule has 0 unspecified atom stereocenters. The molecule has 3 aromatic heterocycles. The van der Waals surface area contributed by atoms with Gasteiger partial charge in [-0.1, -0.05) is 18.2 Å². The van der Waals surface area contributed by atoms with Gasteiger partial charge in [0.15, 0.2) is 5.82 Å². The van der Waals surface area contributed by atoms with Crippen LogP contribution in [0.2, 0.25) is 0 Å². The number of hydrogen-bond acceptors (Lipinski definition) is 9. The molecule has 0 atom stereocenters. The Morgan fingerprint density at radius 1 is 1.12 bits per heavy atom. The molecule has 0 saturated heterocycles. The molecule has 162 valence electrons. The summed E-state index contributed by atoms with van der Waals surface area (Å²) < 4.78 is 19.9. The molecule has 0 fully saturated rings. The summed E-state index contributed by atoms with van der Waals surface area (Å²) in [5, 5.41) is 6.62. The number of rotatable bonds is 6. The van der Waals surface area contributed by atoms with Crippen molar-refractivity contribution < 1.29 is 18.7 Å². The molecule has 0 spiro atoms. The number of anilines is 2. The minimum atomic E-state index is -0.966. The third-order valence-corrected chi connectivity index (χ3v) is 4.63. The van der Waals surface area contributed by atoms with E-state index >= 15 is 0 Å². The van der Waals surface area contributed by atoms with Crippen molar-refractivity contribution in [3.63, 3.8) is 0 Å². The fourth-order valence-corrected chi connectivity index (χ4v) is 3.13. The quantitative estimate of drug-likeness (QED) is 0.300. The fourth-order valence-electron chi connectivity index (χ4n) is 3.13. The van der Waals surface area contributed by atoms with Crippen molar-refractivity contribution in [3.05, 3.63) is 65.4 Å². The van der Waals surface area contributed by atoms with Crippen molar-refractivity contribution in [1.82, 2.24) is 29.9 Å². The molecule has 32 heavy (non-hydrogen) atoms. The third kappa shape index (κ3) is 4.01. The van der Waals surface area contributed by atoms with Gasteiger partial charge in [-0.15, -0.1) is 0 Å². The number of ether oxygens (including phenoxy) is 1. The number of nitrogens with two attached hydrogens (primary N) is 2. The average molecular weight is 436 g/mol. The first-order valence-corrected chi connectivity index (χ1v) is 9.34. The van der Waals surface area contributed by atoms with Crippen molar-refractivity contribution in [1.29, 1.82) is 0 Å². The van der Waals surface area contributed by atoms with Gasteiger partial charge in [-0.3, -0.25) is 4.79 Å². The van der Waals surface area contributed by atoms with E-state index in [1.54, 1.807) is 41.0 Å². The van der Waals surface area contributed by atoms with Gasteiger partial charge in [-0.05, 0) is 23.8 Å². The number of benzene rings is 1. The number of carbonyl (C=O) groups excluding carboxylic acids is 2. The molecule has 3 heterocycles. The Labute approximate surface area is 180 Å².